The Morgan fingerprint density at radius 2 is 0.556 bits per heavy atom. The van der Waals surface area contributed by atoms with Crippen LogP contribution in [-0.2, 0) is 0 Å². The Morgan fingerprint density at radius 1 is 0.556 bits per heavy atom. The zero-order chi connectivity index (χ0) is 13.9. The van der Waals surface area contributed by atoms with E-state index < -0.39 is 0 Å². The van der Waals surface area contributed by atoms with Gasteiger partial charge in [-0.05, 0) is 11.8 Å². The van der Waals surface area contributed by atoms with Gasteiger partial charge in [0.2, 0.25) is 0 Å². The number of hydrogen-bond acceptors (Lipinski definition) is 0. The maximum atomic E-state index is 2.17. The van der Waals surface area contributed by atoms with Gasteiger partial charge in [0.05, 0.1) is 0 Å². The topological polar surface area (TPSA) is 0 Å². The first-order chi connectivity index (χ1) is 6.88. The summed E-state index contributed by atoms with van der Waals surface area (Å²) in [5.74, 6) is 1.67. The van der Waals surface area contributed by atoms with Crippen LogP contribution >= 0.6 is 0 Å². The number of hydrogen-bond donors (Lipinski definition) is 0. The zero-order valence-electron chi connectivity index (χ0n) is 14.4. The molecule has 0 rings (SSSR count). The van der Waals surface area contributed by atoms with Gasteiger partial charge in [-0.25, -0.2) is 0 Å². The first-order valence-corrected chi connectivity index (χ1v) is 6.88. The second-order valence-corrected chi connectivity index (χ2v) is 4.17. The lowest BCUT2D eigenvalue weighted by Gasteiger charge is -1.79. The molecule has 0 aromatic carbocycles. The molecule has 0 aliphatic rings. The molecule has 0 unspecified atom stereocenters. The van der Waals surface area contributed by atoms with E-state index in [1.807, 2.05) is 27.7 Å². The van der Waals surface area contributed by atoms with Crippen LogP contribution in [0, 0.1) is 11.8 Å². The number of rotatable bonds is 0. The van der Waals surface area contributed by atoms with E-state index in [-0.39, 0.29) is 23.3 Å². The largest absolute Gasteiger partial charge is 0.0776 e. The van der Waals surface area contributed by atoms with Gasteiger partial charge >= 0.3 is 0 Å². The van der Waals surface area contributed by atoms with Crippen molar-refractivity contribution in [2.75, 3.05) is 0 Å². The molecule has 3 radical (unpaired) electrons. The lowest BCUT2D eigenvalue weighted by atomic mass is 10.3. The second-order valence-electron chi connectivity index (χ2n) is 4.17. The highest BCUT2D eigenvalue weighted by atomic mass is 13.7. The maximum absolute atomic E-state index is 2.17. The summed E-state index contributed by atoms with van der Waals surface area (Å²) in [5, 5.41) is 0. The Morgan fingerprint density at radius 3 is 0.556 bits per heavy atom. The molecule has 0 saturated carbocycles. The van der Waals surface area contributed by atoms with Crippen molar-refractivity contribution in [3.05, 3.63) is 0 Å². The Kier molecular flexibility index (Phi) is 255. The minimum Gasteiger partial charge on any atom is -0.0776 e. The molecule has 0 saturated heterocycles. The maximum Gasteiger partial charge on any atom is 0 e. The molecule has 0 spiro atoms. The molecule has 0 aromatic rings. The van der Waals surface area contributed by atoms with Crippen LogP contribution in [0.3, 0.4) is 0 Å². The Bertz CT molecular complexity index is 29.4. The molecule has 18 heavy (non-hydrogen) atoms. The second kappa shape index (κ2) is 88.2. The Labute approximate surface area is 125 Å². The van der Waals surface area contributed by atoms with E-state index in [2.05, 4.69) is 55.4 Å². The summed E-state index contributed by atoms with van der Waals surface area (Å²) < 4.78 is 0. The van der Waals surface area contributed by atoms with Gasteiger partial charge in [-0.1, -0.05) is 104 Å². The summed E-state index contributed by atoms with van der Waals surface area (Å²) in [6.45, 7) is 25.2. The van der Waals surface area contributed by atoms with E-state index in [1.54, 1.807) is 0 Å². The van der Waals surface area contributed by atoms with E-state index in [4.69, 9.17) is 0 Å². The summed E-state index contributed by atoms with van der Waals surface area (Å²) in [6.07, 6.45) is 1.25. The standard InChI is InChI=1S/2C4H10.C3H8.2C2H6.2CH4.B/c2*1-4(2)3;1-3-2;2*1-2;;;/h2*4H,1-3H3;3H2,1-2H3;2*1-2H3;2*1H4;. The van der Waals surface area contributed by atoms with E-state index in [0.717, 1.165) is 11.8 Å². The lowest BCUT2D eigenvalue weighted by Crippen LogP contribution is -1.66. The smallest absolute Gasteiger partial charge is 0 e. The summed E-state index contributed by atoms with van der Waals surface area (Å²) in [4.78, 5) is 0. The normalized spacial score (nSPS) is 5.67. The lowest BCUT2D eigenvalue weighted by molar-refractivity contribution is 0.736. The van der Waals surface area contributed by atoms with E-state index >= 15 is 0 Å². The third-order valence-electron chi connectivity index (χ3n) is 0. The molecule has 0 bridgehead atoms. The van der Waals surface area contributed by atoms with Gasteiger partial charge in [-0.3, -0.25) is 0 Å². The predicted molar refractivity (Wildman–Crippen MR) is 98.9 cm³/mol. The molecule has 0 nitrogen and oxygen atoms in total. The van der Waals surface area contributed by atoms with Gasteiger partial charge < -0.3 is 0 Å². The van der Waals surface area contributed by atoms with Crippen molar-refractivity contribution in [2.45, 2.75) is 104 Å². The SMILES string of the molecule is C.C.CC.CC.CC(C)C.CC(C)C.CCC.[B]. The molecular formula is C17H48B. The van der Waals surface area contributed by atoms with Crippen LogP contribution < -0.4 is 0 Å². The molecule has 0 fully saturated rings. The van der Waals surface area contributed by atoms with Crippen molar-refractivity contribution in [1.29, 1.82) is 0 Å². The van der Waals surface area contributed by atoms with Gasteiger partial charge in [0.15, 0.2) is 0 Å². The fourth-order valence-corrected chi connectivity index (χ4v) is 0. The third-order valence-corrected chi connectivity index (χ3v) is 0. The Balaban J connectivity index is -0.0000000114. The fraction of sp³-hybridized carbons (Fsp3) is 1.00. The van der Waals surface area contributed by atoms with Crippen LogP contribution in [0.2, 0.25) is 0 Å². The molecular weight excluding hydrogens is 215 g/mol. The Hall–Kier alpha value is 0.0649. The summed E-state index contributed by atoms with van der Waals surface area (Å²) in [6, 6.07) is 0. The summed E-state index contributed by atoms with van der Waals surface area (Å²) in [5.41, 5.74) is 0. The van der Waals surface area contributed by atoms with Crippen molar-refractivity contribution in [2.24, 2.45) is 11.8 Å². The molecule has 0 atom stereocenters. The van der Waals surface area contributed by atoms with Crippen molar-refractivity contribution in [3.8, 4) is 0 Å². The molecule has 1 heteroatoms. The highest BCUT2D eigenvalue weighted by Crippen LogP contribution is 1.81. The monoisotopic (exact) mass is 263 g/mol. The van der Waals surface area contributed by atoms with Gasteiger partial charge in [-0.15, -0.1) is 0 Å². The van der Waals surface area contributed by atoms with Crippen LogP contribution in [0.4, 0.5) is 0 Å². The van der Waals surface area contributed by atoms with Crippen LogP contribution in [0.15, 0.2) is 0 Å². The van der Waals surface area contributed by atoms with Crippen LogP contribution in [0.25, 0.3) is 0 Å². The molecule has 0 aromatic heterocycles. The summed E-state index contributed by atoms with van der Waals surface area (Å²) >= 11 is 0. The molecule has 0 N–H and O–H groups in total. The van der Waals surface area contributed by atoms with E-state index in [1.165, 1.54) is 6.42 Å². The zero-order valence-corrected chi connectivity index (χ0v) is 14.4. The fourth-order valence-electron chi connectivity index (χ4n) is 0. The van der Waals surface area contributed by atoms with Crippen molar-refractivity contribution in [3.63, 3.8) is 0 Å². The molecule has 0 aliphatic heterocycles. The molecule has 0 aliphatic carbocycles. The van der Waals surface area contributed by atoms with Crippen LogP contribution in [-0.4, -0.2) is 8.41 Å². The molecule has 0 heterocycles. The van der Waals surface area contributed by atoms with Crippen molar-refractivity contribution in [1.82, 2.24) is 0 Å². The predicted octanol–water partition coefficient (Wildman–Crippen LogP) is 7.68. The van der Waals surface area contributed by atoms with Crippen LogP contribution in [0.1, 0.15) is 104 Å². The van der Waals surface area contributed by atoms with E-state index in [9.17, 15) is 0 Å². The highest BCUT2D eigenvalue weighted by molar-refractivity contribution is 5.75. The minimum atomic E-state index is 0. The van der Waals surface area contributed by atoms with Crippen LogP contribution in [0.5, 0.6) is 0 Å². The minimum absolute atomic E-state index is 0. The first-order valence-electron chi connectivity index (χ1n) is 6.88. The quantitative estimate of drug-likeness (QED) is 0.393. The summed E-state index contributed by atoms with van der Waals surface area (Å²) in [7, 11) is 0. The van der Waals surface area contributed by atoms with E-state index in [0.29, 0.717) is 0 Å². The van der Waals surface area contributed by atoms with Crippen molar-refractivity contribution < 1.29 is 0 Å². The average molecular weight is 263 g/mol. The van der Waals surface area contributed by atoms with Gasteiger partial charge in [0, 0.05) is 8.41 Å². The van der Waals surface area contributed by atoms with Gasteiger partial charge in [0.1, 0.15) is 0 Å². The van der Waals surface area contributed by atoms with Gasteiger partial charge in [-0.2, -0.15) is 0 Å². The van der Waals surface area contributed by atoms with Crippen molar-refractivity contribution >= 4 is 8.41 Å². The third kappa shape index (κ3) is 865000. The molecule has 119 valence electrons. The molecule has 0 amide bonds. The first kappa shape index (κ1) is 51.9. The van der Waals surface area contributed by atoms with Gasteiger partial charge in [0.25, 0.3) is 0 Å². The average Bonchev–Trinajstić information content (AvgIpc) is 2.09. The highest BCUT2D eigenvalue weighted by Gasteiger charge is 1.68.